The number of hydrogen-bond acceptors (Lipinski definition) is 6. The zero-order valence-corrected chi connectivity index (χ0v) is 23.5. The minimum Gasteiger partial charge on any atom is -0.480 e. The van der Waals surface area contributed by atoms with Crippen molar-refractivity contribution in [2.75, 3.05) is 18.4 Å². The van der Waals surface area contributed by atoms with E-state index >= 15 is 0 Å². The van der Waals surface area contributed by atoms with Crippen molar-refractivity contribution in [1.29, 1.82) is 0 Å². The maximum atomic E-state index is 12.6. The van der Waals surface area contributed by atoms with Gasteiger partial charge in [-0.25, -0.2) is 9.59 Å². The van der Waals surface area contributed by atoms with Crippen molar-refractivity contribution in [2.45, 2.75) is 45.4 Å². The Morgan fingerprint density at radius 2 is 1.61 bits per heavy atom. The van der Waals surface area contributed by atoms with E-state index in [0.717, 1.165) is 28.9 Å². The van der Waals surface area contributed by atoms with Crippen molar-refractivity contribution >= 4 is 23.7 Å². The summed E-state index contributed by atoms with van der Waals surface area (Å²) < 4.78 is 5.07. The lowest BCUT2D eigenvalue weighted by Crippen LogP contribution is -2.48. The first-order chi connectivity index (χ1) is 19.8. The molecular weight excluding hydrogens is 520 g/mol. The summed E-state index contributed by atoms with van der Waals surface area (Å²) in [6, 6.07) is 22.9. The van der Waals surface area contributed by atoms with Gasteiger partial charge in [0.1, 0.15) is 12.6 Å². The van der Waals surface area contributed by atoms with Crippen LogP contribution >= 0.6 is 0 Å². The van der Waals surface area contributed by atoms with Gasteiger partial charge in [0.15, 0.2) is 0 Å². The van der Waals surface area contributed by atoms with Crippen molar-refractivity contribution in [3.8, 4) is 0 Å². The SMILES string of the molecule is C=C(CNCc1ccc(C(=O)NCC(NC(=O)OCc2ccccc2)C(=O)O)cc1)Nc1ccccc1C(C)CC. The average molecular weight is 559 g/mol. The molecule has 0 saturated heterocycles. The summed E-state index contributed by atoms with van der Waals surface area (Å²) in [5.41, 5.74) is 5.29. The molecule has 41 heavy (non-hydrogen) atoms. The first kappa shape index (κ1) is 30.9. The van der Waals surface area contributed by atoms with E-state index in [1.807, 2.05) is 30.3 Å². The van der Waals surface area contributed by atoms with Gasteiger partial charge in [-0.05, 0) is 47.2 Å². The molecule has 0 aliphatic rings. The van der Waals surface area contributed by atoms with Crippen LogP contribution in [0.3, 0.4) is 0 Å². The highest BCUT2D eigenvalue weighted by Gasteiger charge is 2.22. The lowest BCUT2D eigenvalue weighted by molar-refractivity contribution is -0.139. The Labute approximate surface area is 241 Å². The van der Waals surface area contributed by atoms with Gasteiger partial charge in [-0.2, -0.15) is 0 Å². The van der Waals surface area contributed by atoms with E-state index < -0.39 is 24.0 Å². The Morgan fingerprint density at radius 3 is 2.29 bits per heavy atom. The molecule has 0 aliphatic carbocycles. The fourth-order valence-corrected chi connectivity index (χ4v) is 4.03. The third kappa shape index (κ3) is 10.1. The van der Waals surface area contributed by atoms with E-state index in [2.05, 4.69) is 53.8 Å². The molecule has 0 aromatic heterocycles. The summed E-state index contributed by atoms with van der Waals surface area (Å²) in [4.78, 5) is 36.2. The number of alkyl carbamates (subject to hydrolysis) is 1. The molecule has 3 aromatic rings. The molecule has 9 heteroatoms. The number of aliphatic carboxylic acids is 1. The summed E-state index contributed by atoms with van der Waals surface area (Å²) in [6.07, 6.45) is 0.170. The molecule has 216 valence electrons. The van der Waals surface area contributed by atoms with E-state index in [0.29, 0.717) is 24.6 Å². The van der Waals surface area contributed by atoms with Gasteiger partial charge in [-0.3, -0.25) is 4.79 Å². The first-order valence-electron chi connectivity index (χ1n) is 13.6. The molecule has 0 fully saturated rings. The van der Waals surface area contributed by atoms with Gasteiger partial charge in [0.25, 0.3) is 5.91 Å². The number of rotatable bonds is 15. The standard InChI is InChI=1S/C32H38N4O5/c1-4-22(2)27-12-8-9-13-28(27)35-23(3)18-33-19-24-14-16-26(17-15-24)30(37)34-20-29(31(38)39)36-32(40)41-21-25-10-6-5-7-11-25/h5-17,22,29,33,35H,3-4,18-21H2,1-2H3,(H,34,37)(H,36,40)(H,38,39). The second kappa shape index (κ2) is 15.8. The predicted molar refractivity (Wildman–Crippen MR) is 160 cm³/mol. The highest BCUT2D eigenvalue weighted by molar-refractivity contribution is 5.94. The minimum atomic E-state index is -1.34. The van der Waals surface area contributed by atoms with Crippen LogP contribution in [0.25, 0.3) is 0 Å². The third-order valence-electron chi connectivity index (χ3n) is 6.57. The van der Waals surface area contributed by atoms with Crippen LogP contribution in [0.1, 0.15) is 53.2 Å². The lowest BCUT2D eigenvalue weighted by atomic mass is 9.97. The molecule has 0 bridgehead atoms. The molecule has 3 aromatic carbocycles. The number of amides is 2. The summed E-state index contributed by atoms with van der Waals surface area (Å²) in [5.74, 6) is -1.29. The van der Waals surface area contributed by atoms with E-state index in [-0.39, 0.29) is 13.2 Å². The average Bonchev–Trinajstić information content (AvgIpc) is 2.98. The fourth-order valence-electron chi connectivity index (χ4n) is 4.03. The summed E-state index contributed by atoms with van der Waals surface area (Å²) in [6.45, 7) is 9.35. The van der Waals surface area contributed by atoms with Crippen molar-refractivity contribution in [3.05, 3.63) is 113 Å². The Hall–Kier alpha value is -4.63. The molecule has 0 spiro atoms. The maximum absolute atomic E-state index is 12.6. The topological polar surface area (TPSA) is 129 Å². The molecule has 0 aliphatic heterocycles. The van der Waals surface area contributed by atoms with E-state index in [1.54, 1.807) is 36.4 Å². The highest BCUT2D eigenvalue weighted by Crippen LogP contribution is 2.27. The Kier molecular flexibility index (Phi) is 11.9. The van der Waals surface area contributed by atoms with Gasteiger partial charge in [-0.1, -0.05) is 81.1 Å². The fraction of sp³-hybridized carbons (Fsp3) is 0.281. The quantitative estimate of drug-likeness (QED) is 0.177. The summed E-state index contributed by atoms with van der Waals surface area (Å²) >= 11 is 0. The maximum Gasteiger partial charge on any atom is 0.408 e. The number of para-hydroxylation sites is 1. The van der Waals surface area contributed by atoms with E-state index in [4.69, 9.17) is 4.74 Å². The minimum absolute atomic E-state index is 0.00337. The largest absolute Gasteiger partial charge is 0.480 e. The predicted octanol–water partition coefficient (Wildman–Crippen LogP) is 5.02. The van der Waals surface area contributed by atoms with Crippen LogP contribution in [0.2, 0.25) is 0 Å². The van der Waals surface area contributed by atoms with Crippen LogP contribution in [0.5, 0.6) is 0 Å². The number of carboxylic acid groups (broad SMARTS) is 1. The number of carbonyl (C=O) groups excluding carboxylic acids is 2. The van der Waals surface area contributed by atoms with Crippen molar-refractivity contribution in [1.82, 2.24) is 16.0 Å². The first-order valence-corrected chi connectivity index (χ1v) is 13.6. The van der Waals surface area contributed by atoms with E-state index in [1.165, 1.54) is 5.56 Å². The lowest BCUT2D eigenvalue weighted by Gasteiger charge is -2.18. The number of carbonyl (C=O) groups is 3. The number of carboxylic acids is 1. The van der Waals surface area contributed by atoms with Crippen LogP contribution in [0, 0.1) is 0 Å². The Bertz CT molecular complexity index is 1310. The molecule has 2 atom stereocenters. The Balaban J connectivity index is 1.42. The number of hydrogen-bond donors (Lipinski definition) is 5. The van der Waals surface area contributed by atoms with Crippen LogP contribution in [-0.4, -0.2) is 42.2 Å². The van der Waals surface area contributed by atoms with Gasteiger partial charge in [0.05, 0.1) is 0 Å². The van der Waals surface area contributed by atoms with Gasteiger partial charge in [0, 0.05) is 36.6 Å². The molecule has 0 radical (unpaired) electrons. The van der Waals surface area contributed by atoms with Gasteiger partial charge < -0.3 is 31.1 Å². The number of nitrogens with one attached hydrogen (secondary N) is 4. The van der Waals surface area contributed by atoms with Crippen LogP contribution in [-0.2, 0) is 22.7 Å². The smallest absolute Gasteiger partial charge is 0.408 e. The van der Waals surface area contributed by atoms with E-state index in [9.17, 15) is 19.5 Å². The van der Waals surface area contributed by atoms with Crippen molar-refractivity contribution < 1.29 is 24.2 Å². The molecule has 9 nitrogen and oxygen atoms in total. The number of benzene rings is 3. The third-order valence-corrected chi connectivity index (χ3v) is 6.57. The van der Waals surface area contributed by atoms with Crippen LogP contribution in [0.15, 0.2) is 91.1 Å². The normalized spacial score (nSPS) is 12.0. The van der Waals surface area contributed by atoms with Crippen LogP contribution in [0.4, 0.5) is 10.5 Å². The van der Waals surface area contributed by atoms with Crippen LogP contribution < -0.4 is 21.3 Å². The zero-order valence-electron chi connectivity index (χ0n) is 23.5. The van der Waals surface area contributed by atoms with Crippen molar-refractivity contribution in [2.24, 2.45) is 0 Å². The molecule has 5 N–H and O–H groups in total. The monoisotopic (exact) mass is 558 g/mol. The number of anilines is 1. The Morgan fingerprint density at radius 1 is 0.927 bits per heavy atom. The van der Waals surface area contributed by atoms with Crippen molar-refractivity contribution in [3.63, 3.8) is 0 Å². The highest BCUT2D eigenvalue weighted by atomic mass is 16.5. The van der Waals surface area contributed by atoms with Gasteiger partial charge in [-0.15, -0.1) is 0 Å². The molecule has 3 rings (SSSR count). The molecule has 2 unspecified atom stereocenters. The molecule has 0 saturated carbocycles. The second-order valence-corrected chi connectivity index (χ2v) is 9.73. The summed E-state index contributed by atoms with van der Waals surface area (Å²) in [5, 5.41) is 21.0. The second-order valence-electron chi connectivity index (χ2n) is 9.73. The molecular formula is C32H38N4O5. The zero-order chi connectivity index (χ0) is 29.6. The molecule has 2 amide bonds. The van der Waals surface area contributed by atoms with Gasteiger partial charge >= 0.3 is 12.1 Å². The molecule has 0 heterocycles. The number of ether oxygens (including phenoxy) is 1. The van der Waals surface area contributed by atoms with Gasteiger partial charge in [0.2, 0.25) is 0 Å². The summed E-state index contributed by atoms with van der Waals surface area (Å²) in [7, 11) is 0.